The molecule has 0 radical (unpaired) electrons. The third-order valence-electron chi connectivity index (χ3n) is 1.96. The molecule has 1 aromatic rings. The summed E-state index contributed by atoms with van der Waals surface area (Å²) in [4.78, 5) is 10.2. The molecule has 0 atom stereocenters. The highest BCUT2D eigenvalue weighted by Crippen LogP contribution is 2.25. The summed E-state index contributed by atoms with van der Waals surface area (Å²) < 4.78 is 4.93. The molecule has 0 fully saturated rings. The van der Waals surface area contributed by atoms with E-state index in [1.165, 1.54) is 19.4 Å². The zero-order chi connectivity index (χ0) is 12.7. The lowest BCUT2D eigenvalue weighted by atomic mass is 10.2. The van der Waals surface area contributed by atoms with Gasteiger partial charge >= 0.3 is 5.97 Å². The van der Waals surface area contributed by atoms with Gasteiger partial charge in [0.2, 0.25) is 0 Å². The molecule has 0 amide bonds. The Morgan fingerprint density at radius 2 is 2.35 bits per heavy atom. The SMILES string of the molecule is COc1cc(C=NNCCC(=O)O)ccc1O. The largest absolute Gasteiger partial charge is 0.504 e. The lowest BCUT2D eigenvalue weighted by molar-refractivity contribution is -0.136. The van der Waals surface area contributed by atoms with Crippen molar-refractivity contribution in [3.8, 4) is 11.5 Å². The number of benzene rings is 1. The number of aliphatic carboxylic acids is 1. The third kappa shape index (κ3) is 4.42. The number of rotatable bonds is 6. The second-order valence-electron chi connectivity index (χ2n) is 3.24. The second kappa shape index (κ2) is 6.37. The van der Waals surface area contributed by atoms with Crippen LogP contribution in [0.1, 0.15) is 12.0 Å². The summed E-state index contributed by atoms with van der Waals surface area (Å²) in [5.74, 6) is -0.457. The number of methoxy groups -OCH3 is 1. The van der Waals surface area contributed by atoms with Crippen molar-refractivity contribution in [2.45, 2.75) is 6.42 Å². The van der Waals surface area contributed by atoms with E-state index in [0.717, 1.165) is 5.56 Å². The number of phenols is 1. The van der Waals surface area contributed by atoms with E-state index >= 15 is 0 Å². The molecule has 0 aliphatic carbocycles. The first kappa shape index (κ1) is 12.8. The Morgan fingerprint density at radius 3 is 3.00 bits per heavy atom. The monoisotopic (exact) mass is 238 g/mol. The van der Waals surface area contributed by atoms with E-state index in [2.05, 4.69) is 10.5 Å². The van der Waals surface area contributed by atoms with Crippen LogP contribution in [0.15, 0.2) is 23.3 Å². The van der Waals surface area contributed by atoms with Crippen molar-refractivity contribution in [2.24, 2.45) is 5.10 Å². The molecule has 0 heterocycles. The molecule has 0 aliphatic heterocycles. The number of carboxylic acids is 1. The summed E-state index contributed by atoms with van der Waals surface area (Å²) >= 11 is 0. The number of aromatic hydroxyl groups is 1. The van der Waals surface area contributed by atoms with Gasteiger partial charge in [0, 0.05) is 6.54 Å². The van der Waals surface area contributed by atoms with Crippen LogP contribution in [0.25, 0.3) is 0 Å². The molecule has 0 saturated carbocycles. The number of phenolic OH excluding ortho intramolecular Hbond substituents is 1. The number of hydrogen-bond donors (Lipinski definition) is 3. The van der Waals surface area contributed by atoms with Gasteiger partial charge < -0.3 is 20.4 Å². The van der Waals surface area contributed by atoms with Gasteiger partial charge in [0.25, 0.3) is 0 Å². The Labute approximate surface area is 98.5 Å². The third-order valence-corrected chi connectivity index (χ3v) is 1.96. The van der Waals surface area contributed by atoms with E-state index in [0.29, 0.717) is 5.75 Å². The molecule has 1 aromatic carbocycles. The van der Waals surface area contributed by atoms with Gasteiger partial charge in [-0.1, -0.05) is 0 Å². The maximum absolute atomic E-state index is 10.2. The molecule has 6 nitrogen and oxygen atoms in total. The zero-order valence-corrected chi connectivity index (χ0v) is 9.38. The number of nitrogens with one attached hydrogen (secondary N) is 1. The minimum Gasteiger partial charge on any atom is -0.504 e. The van der Waals surface area contributed by atoms with Crippen molar-refractivity contribution in [2.75, 3.05) is 13.7 Å². The van der Waals surface area contributed by atoms with E-state index in [9.17, 15) is 9.90 Å². The minimum absolute atomic E-state index is 0.0102. The van der Waals surface area contributed by atoms with E-state index in [1.807, 2.05) is 0 Å². The summed E-state index contributed by atoms with van der Waals surface area (Å²) in [6.45, 7) is 0.265. The minimum atomic E-state index is -0.876. The first-order valence-electron chi connectivity index (χ1n) is 4.98. The number of hydrogen-bond acceptors (Lipinski definition) is 5. The summed E-state index contributed by atoms with van der Waals surface area (Å²) in [5, 5.41) is 21.6. The van der Waals surface area contributed by atoms with Gasteiger partial charge in [0.15, 0.2) is 11.5 Å². The quantitative estimate of drug-likeness (QED) is 0.387. The zero-order valence-electron chi connectivity index (χ0n) is 9.38. The van der Waals surface area contributed by atoms with Gasteiger partial charge in [-0.3, -0.25) is 4.79 Å². The molecule has 0 bridgehead atoms. The van der Waals surface area contributed by atoms with Crippen molar-refractivity contribution in [3.63, 3.8) is 0 Å². The Morgan fingerprint density at radius 1 is 1.59 bits per heavy atom. The smallest absolute Gasteiger partial charge is 0.305 e. The topological polar surface area (TPSA) is 91.2 Å². The number of nitrogens with zero attached hydrogens (tertiary/aromatic N) is 1. The van der Waals surface area contributed by atoms with Crippen LogP contribution < -0.4 is 10.2 Å². The van der Waals surface area contributed by atoms with Crippen LogP contribution >= 0.6 is 0 Å². The van der Waals surface area contributed by atoms with Gasteiger partial charge in [-0.2, -0.15) is 5.10 Å². The molecule has 3 N–H and O–H groups in total. The van der Waals surface area contributed by atoms with Crippen molar-refractivity contribution in [1.29, 1.82) is 0 Å². The maximum Gasteiger partial charge on any atom is 0.305 e. The van der Waals surface area contributed by atoms with Crippen LogP contribution in [0.3, 0.4) is 0 Å². The fourth-order valence-corrected chi connectivity index (χ4v) is 1.12. The van der Waals surface area contributed by atoms with Crippen LogP contribution in [-0.2, 0) is 4.79 Å². The van der Waals surface area contributed by atoms with Crippen molar-refractivity contribution < 1.29 is 19.7 Å². The lowest BCUT2D eigenvalue weighted by Crippen LogP contribution is -2.12. The van der Waals surface area contributed by atoms with Crippen molar-refractivity contribution in [1.82, 2.24) is 5.43 Å². The fourth-order valence-electron chi connectivity index (χ4n) is 1.12. The molecule has 0 spiro atoms. The molecular weight excluding hydrogens is 224 g/mol. The predicted molar refractivity (Wildman–Crippen MR) is 62.5 cm³/mol. The molecule has 92 valence electrons. The molecule has 0 aromatic heterocycles. The van der Waals surface area contributed by atoms with E-state index < -0.39 is 5.97 Å². The van der Waals surface area contributed by atoms with Gasteiger partial charge in [0.05, 0.1) is 19.7 Å². The fraction of sp³-hybridized carbons (Fsp3) is 0.273. The van der Waals surface area contributed by atoms with Gasteiger partial charge in [-0.25, -0.2) is 0 Å². The Bertz CT molecular complexity index is 418. The second-order valence-corrected chi connectivity index (χ2v) is 3.24. The van der Waals surface area contributed by atoms with Crippen molar-refractivity contribution in [3.05, 3.63) is 23.8 Å². The highest BCUT2D eigenvalue weighted by Gasteiger charge is 2.00. The van der Waals surface area contributed by atoms with Crippen LogP contribution in [0.5, 0.6) is 11.5 Å². The number of ether oxygens (including phenoxy) is 1. The average molecular weight is 238 g/mol. The van der Waals surface area contributed by atoms with Gasteiger partial charge in [0.1, 0.15) is 0 Å². The van der Waals surface area contributed by atoms with Gasteiger partial charge in [-0.15, -0.1) is 0 Å². The van der Waals surface area contributed by atoms with Gasteiger partial charge in [-0.05, 0) is 23.8 Å². The molecule has 0 unspecified atom stereocenters. The highest BCUT2D eigenvalue weighted by atomic mass is 16.5. The molecule has 0 saturated heterocycles. The molecule has 1 rings (SSSR count). The maximum atomic E-state index is 10.2. The predicted octanol–water partition coefficient (Wildman–Crippen LogP) is 0.799. The molecular formula is C11H14N2O4. The van der Waals surface area contributed by atoms with Crippen molar-refractivity contribution >= 4 is 12.2 Å². The summed E-state index contributed by atoms with van der Waals surface area (Å²) in [6.07, 6.45) is 1.53. The molecule has 0 aliphatic rings. The van der Waals surface area contributed by atoms with Crippen LogP contribution in [0.4, 0.5) is 0 Å². The summed E-state index contributed by atoms with van der Waals surface area (Å²) in [5.41, 5.74) is 3.34. The molecule has 17 heavy (non-hydrogen) atoms. The Kier molecular flexibility index (Phi) is 4.80. The average Bonchev–Trinajstić information content (AvgIpc) is 2.30. The number of carboxylic acid groups (broad SMARTS) is 1. The lowest BCUT2D eigenvalue weighted by Gasteiger charge is -2.03. The van der Waals surface area contributed by atoms with E-state index in [1.54, 1.807) is 12.1 Å². The normalized spacial score (nSPS) is 10.4. The Hall–Kier alpha value is -2.24. The van der Waals surface area contributed by atoms with Crippen LogP contribution in [0, 0.1) is 0 Å². The summed E-state index contributed by atoms with van der Waals surface area (Å²) in [7, 11) is 1.46. The van der Waals surface area contributed by atoms with Crippen LogP contribution in [0.2, 0.25) is 0 Å². The first-order valence-corrected chi connectivity index (χ1v) is 4.98. The van der Waals surface area contributed by atoms with Crippen LogP contribution in [-0.4, -0.2) is 36.1 Å². The standard InChI is InChI=1S/C11H14N2O4/c1-17-10-6-8(2-3-9(10)14)7-13-12-5-4-11(15)16/h2-3,6-7,12,14H,4-5H2,1H3,(H,15,16). The van der Waals surface area contributed by atoms with E-state index in [4.69, 9.17) is 9.84 Å². The summed E-state index contributed by atoms with van der Waals surface area (Å²) in [6, 6.07) is 4.79. The highest BCUT2D eigenvalue weighted by molar-refractivity contribution is 5.80. The Balaban J connectivity index is 2.50. The molecule has 6 heteroatoms. The number of hydrazone groups is 1. The first-order chi connectivity index (χ1) is 8.13. The number of carbonyl (C=O) groups is 1. The van der Waals surface area contributed by atoms with E-state index in [-0.39, 0.29) is 18.7 Å².